The number of sulfonamides is 1. The highest BCUT2D eigenvalue weighted by molar-refractivity contribution is 7.89. The molecule has 0 aromatic heterocycles. The van der Waals surface area contributed by atoms with Gasteiger partial charge in [0.2, 0.25) is 10.0 Å². The van der Waals surface area contributed by atoms with E-state index in [9.17, 15) is 8.42 Å². The van der Waals surface area contributed by atoms with Gasteiger partial charge in [0, 0.05) is 31.9 Å². The van der Waals surface area contributed by atoms with Crippen LogP contribution in [0.1, 0.15) is 6.92 Å². The molecule has 1 saturated heterocycles. The highest BCUT2D eigenvalue weighted by Crippen LogP contribution is 2.29. The Kier molecular flexibility index (Phi) is 6.14. The molecule has 0 aliphatic carbocycles. The van der Waals surface area contributed by atoms with Crippen LogP contribution in [0.25, 0.3) is 0 Å². The minimum atomic E-state index is -3.59. The Labute approximate surface area is 165 Å². The molecule has 0 amide bonds. The van der Waals surface area contributed by atoms with Gasteiger partial charge in [-0.15, -0.1) is 0 Å². The van der Waals surface area contributed by atoms with Crippen LogP contribution in [0, 0.1) is 0 Å². The van der Waals surface area contributed by atoms with E-state index in [1.54, 1.807) is 19.2 Å². The minimum Gasteiger partial charge on any atom is -0.497 e. The Hall–Kier alpha value is -1.96. The number of nitrogens with zero attached hydrogens (tertiary/aromatic N) is 2. The Morgan fingerprint density at radius 1 is 1.04 bits per heavy atom. The van der Waals surface area contributed by atoms with Crippen molar-refractivity contribution < 1.29 is 17.9 Å². The van der Waals surface area contributed by atoms with Crippen LogP contribution >= 0.6 is 11.6 Å². The molecule has 2 aromatic rings. The predicted octanol–water partition coefficient (Wildman–Crippen LogP) is 3.26. The highest BCUT2D eigenvalue weighted by atomic mass is 35.5. The van der Waals surface area contributed by atoms with E-state index in [0.29, 0.717) is 43.6 Å². The molecule has 6 nitrogen and oxygen atoms in total. The molecular formula is C19H23ClN2O4S. The van der Waals surface area contributed by atoms with Crippen LogP contribution in [0.4, 0.5) is 5.69 Å². The fourth-order valence-electron chi connectivity index (χ4n) is 3.04. The van der Waals surface area contributed by atoms with Gasteiger partial charge in [0.05, 0.1) is 23.6 Å². The maximum atomic E-state index is 12.9. The molecule has 1 aliphatic rings. The number of ether oxygens (including phenoxy) is 2. The molecule has 1 heterocycles. The molecule has 2 aromatic carbocycles. The van der Waals surface area contributed by atoms with Gasteiger partial charge in [0.1, 0.15) is 11.5 Å². The van der Waals surface area contributed by atoms with E-state index >= 15 is 0 Å². The van der Waals surface area contributed by atoms with Crippen molar-refractivity contribution in [3.05, 3.63) is 47.5 Å². The molecule has 8 heteroatoms. The van der Waals surface area contributed by atoms with Crippen molar-refractivity contribution in [2.75, 3.05) is 44.8 Å². The molecule has 0 saturated carbocycles. The third kappa shape index (κ3) is 4.31. The van der Waals surface area contributed by atoms with Crippen molar-refractivity contribution in [2.24, 2.45) is 0 Å². The second-order valence-electron chi connectivity index (χ2n) is 6.11. The lowest BCUT2D eigenvalue weighted by molar-refractivity contribution is 0.340. The second kappa shape index (κ2) is 8.37. The summed E-state index contributed by atoms with van der Waals surface area (Å²) in [6.45, 7) is 4.40. The van der Waals surface area contributed by atoms with Gasteiger partial charge in [-0.25, -0.2) is 8.42 Å². The summed E-state index contributed by atoms with van der Waals surface area (Å²) in [6, 6.07) is 12.4. The van der Waals surface area contributed by atoms with Gasteiger partial charge < -0.3 is 14.4 Å². The zero-order valence-corrected chi connectivity index (χ0v) is 17.0. The molecule has 1 aliphatic heterocycles. The Morgan fingerprint density at radius 2 is 1.70 bits per heavy atom. The van der Waals surface area contributed by atoms with Crippen molar-refractivity contribution in [1.29, 1.82) is 0 Å². The molecule has 27 heavy (non-hydrogen) atoms. The van der Waals surface area contributed by atoms with Gasteiger partial charge in [-0.1, -0.05) is 11.6 Å². The van der Waals surface area contributed by atoms with E-state index in [2.05, 4.69) is 4.90 Å². The SMILES string of the molecule is CCOc1ccc(S(=O)(=O)N2CCN(c3ccc(OC)cc3)CC2)cc1Cl. The summed E-state index contributed by atoms with van der Waals surface area (Å²) >= 11 is 6.15. The van der Waals surface area contributed by atoms with Gasteiger partial charge in [0.25, 0.3) is 0 Å². The van der Waals surface area contributed by atoms with Crippen LogP contribution in [-0.2, 0) is 10.0 Å². The van der Waals surface area contributed by atoms with E-state index in [-0.39, 0.29) is 4.90 Å². The first-order chi connectivity index (χ1) is 13.0. The van der Waals surface area contributed by atoms with Crippen molar-refractivity contribution >= 4 is 27.3 Å². The average molecular weight is 411 g/mol. The maximum Gasteiger partial charge on any atom is 0.243 e. The summed E-state index contributed by atoms with van der Waals surface area (Å²) in [5, 5.41) is 0.301. The zero-order chi connectivity index (χ0) is 19.4. The average Bonchev–Trinajstić information content (AvgIpc) is 2.70. The van der Waals surface area contributed by atoms with Crippen LogP contribution in [0.15, 0.2) is 47.4 Å². The van der Waals surface area contributed by atoms with Gasteiger partial charge >= 0.3 is 0 Å². The molecule has 0 bridgehead atoms. The van der Waals surface area contributed by atoms with Gasteiger partial charge in [-0.3, -0.25) is 0 Å². The van der Waals surface area contributed by atoms with Gasteiger partial charge in [0.15, 0.2) is 0 Å². The first-order valence-corrected chi connectivity index (χ1v) is 10.6. The maximum absolute atomic E-state index is 12.9. The Balaban J connectivity index is 1.69. The molecule has 3 rings (SSSR count). The van der Waals surface area contributed by atoms with E-state index in [0.717, 1.165) is 11.4 Å². The molecular weight excluding hydrogens is 388 g/mol. The number of rotatable bonds is 6. The highest BCUT2D eigenvalue weighted by Gasteiger charge is 2.29. The van der Waals surface area contributed by atoms with E-state index in [1.165, 1.54) is 10.4 Å². The summed E-state index contributed by atoms with van der Waals surface area (Å²) in [5.74, 6) is 1.29. The molecule has 0 spiro atoms. The van der Waals surface area contributed by atoms with Crippen molar-refractivity contribution in [3.63, 3.8) is 0 Å². The van der Waals surface area contributed by atoms with Crippen LogP contribution in [0.2, 0.25) is 5.02 Å². The minimum absolute atomic E-state index is 0.189. The number of methoxy groups -OCH3 is 1. The van der Waals surface area contributed by atoms with E-state index in [4.69, 9.17) is 21.1 Å². The topological polar surface area (TPSA) is 59.1 Å². The lowest BCUT2D eigenvalue weighted by Gasteiger charge is -2.35. The van der Waals surface area contributed by atoms with Crippen LogP contribution < -0.4 is 14.4 Å². The fourth-order valence-corrected chi connectivity index (χ4v) is 4.79. The Morgan fingerprint density at radius 3 is 2.26 bits per heavy atom. The molecule has 0 atom stereocenters. The summed E-state index contributed by atoms with van der Waals surface area (Å²) in [5.41, 5.74) is 1.05. The monoisotopic (exact) mass is 410 g/mol. The fraction of sp³-hybridized carbons (Fsp3) is 0.368. The second-order valence-corrected chi connectivity index (χ2v) is 8.46. The number of anilines is 1. The summed E-state index contributed by atoms with van der Waals surface area (Å²) < 4.78 is 37.9. The lowest BCUT2D eigenvalue weighted by atomic mass is 10.2. The smallest absolute Gasteiger partial charge is 0.243 e. The van der Waals surface area contributed by atoms with Crippen molar-refractivity contribution in [1.82, 2.24) is 4.31 Å². The third-order valence-electron chi connectivity index (χ3n) is 4.52. The molecule has 1 fully saturated rings. The normalized spacial score (nSPS) is 15.6. The number of benzene rings is 2. The zero-order valence-electron chi connectivity index (χ0n) is 15.4. The van der Waals surface area contributed by atoms with Gasteiger partial charge in [-0.2, -0.15) is 4.31 Å². The molecule has 0 N–H and O–H groups in total. The first kappa shape index (κ1) is 19.8. The van der Waals surface area contributed by atoms with Gasteiger partial charge in [-0.05, 0) is 49.4 Å². The number of piperazine rings is 1. The third-order valence-corrected chi connectivity index (χ3v) is 6.71. The van der Waals surface area contributed by atoms with Crippen LogP contribution in [0.3, 0.4) is 0 Å². The van der Waals surface area contributed by atoms with Crippen LogP contribution in [0.5, 0.6) is 11.5 Å². The first-order valence-electron chi connectivity index (χ1n) is 8.77. The van der Waals surface area contributed by atoms with E-state index < -0.39 is 10.0 Å². The van der Waals surface area contributed by atoms with Crippen LogP contribution in [-0.4, -0.2) is 52.6 Å². The molecule has 0 unspecified atom stereocenters. The predicted molar refractivity (Wildman–Crippen MR) is 107 cm³/mol. The van der Waals surface area contributed by atoms with E-state index in [1.807, 2.05) is 31.2 Å². The largest absolute Gasteiger partial charge is 0.497 e. The summed E-state index contributed by atoms with van der Waals surface area (Å²) in [6.07, 6.45) is 0. The molecule has 0 radical (unpaired) electrons. The summed E-state index contributed by atoms with van der Waals surface area (Å²) in [7, 11) is -1.96. The number of hydrogen-bond donors (Lipinski definition) is 0. The quantitative estimate of drug-likeness (QED) is 0.731. The summed E-state index contributed by atoms with van der Waals surface area (Å²) in [4.78, 5) is 2.35. The Bertz CT molecular complexity index is 879. The van der Waals surface area contributed by atoms with Crippen molar-refractivity contribution in [3.8, 4) is 11.5 Å². The van der Waals surface area contributed by atoms with Crippen molar-refractivity contribution in [2.45, 2.75) is 11.8 Å². The molecule has 146 valence electrons. The number of halogens is 1. The standard InChI is InChI=1S/C19H23ClN2O4S/c1-3-26-19-9-8-17(14-18(19)20)27(23,24)22-12-10-21(11-13-22)15-4-6-16(25-2)7-5-15/h4-9,14H,3,10-13H2,1-2H3. The number of hydrogen-bond acceptors (Lipinski definition) is 5. The lowest BCUT2D eigenvalue weighted by Crippen LogP contribution is -2.48.